The van der Waals surface area contributed by atoms with Crippen LogP contribution in [0.15, 0.2) is 22.7 Å². The molecule has 1 rings (SSSR count). The predicted octanol–water partition coefficient (Wildman–Crippen LogP) is 3.19. The van der Waals surface area contributed by atoms with E-state index in [2.05, 4.69) is 21.2 Å². The minimum Gasteiger partial charge on any atom is -0.465 e. The fourth-order valence-electron chi connectivity index (χ4n) is 0.708. The van der Waals surface area contributed by atoms with Gasteiger partial charge in [0.05, 0.1) is 10.7 Å². The number of rotatable bonds is 1. The average Bonchev–Trinajstić information content (AvgIpc) is 1.96. The molecular weight excluding hydrogens is 245 g/mol. The summed E-state index contributed by atoms with van der Waals surface area (Å²) in [6.45, 7) is 0. The van der Waals surface area contributed by atoms with Gasteiger partial charge in [-0.3, -0.25) is 5.32 Å². The van der Waals surface area contributed by atoms with E-state index in [4.69, 9.17) is 16.7 Å². The van der Waals surface area contributed by atoms with Crippen molar-refractivity contribution in [3.63, 3.8) is 0 Å². The molecular formula is C7H5BrClNO2. The van der Waals surface area contributed by atoms with Gasteiger partial charge in [-0.2, -0.15) is 0 Å². The minimum absolute atomic E-state index is 0.374. The van der Waals surface area contributed by atoms with Crippen LogP contribution >= 0.6 is 27.5 Å². The number of hydrogen-bond donors (Lipinski definition) is 2. The quantitative estimate of drug-likeness (QED) is 0.804. The van der Waals surface area contributed by atoms with E-state index < -0.39 is 6.09 Å². The van der Waals surface area contributed by atoms with Crippen LogP contribution in [0.4, 0.5) is 10.5 Å². The summed E-state index contributed by atoms with van der Waals surface area (Å²) >= 11 is 8.89. The Hall–Kier alpha value is -0.740. The van der Waals surface area contributed by atoms with Crippen LogP contribution in [0, 0.1) is 0 Å². The molecule has 64 valence electrons. The molecule has 12 heavy (non-hydrogen) atoms. The summed E-state index contributed by atoms with van der Waals surface area (Å²) in [5, 5.41) is 10.9. The molecule has 0 heterocycles. The van der Waals surface area contributed by atoms with Crippen molar-refractivity contribution in [3.05, 3.63) is 27.7 Å². The molecule has 0 saturated carbocycles. The molecule has 1 aromatic rings. The SMILES string of the molecule is O=C(O)Nc1cc(Br)ccc1Cl. The van der Waals surface area contributed by atoms with Crippen LogP contribution in [0.2, 0.25) is 5.02 Å². The summed E-state index contributed by atoms with van der Waals surface area (Å²) in [6, 6.07) is 4.93. The van der Waals surface area contributed by atoms with Gasteiger partial charge < -0.3 is 5.11 Å². The Morgan fingerprint density at radius 2 is 2.25 bits per heavy atom. The first-order valence-corrected chi connectivity index (χ1v) is 4.21. The third kappa shape index (κ3) is 2.39. The summed E-state index contributed by atoms with van der Waals surface area (Å²) in [4.78, 5) is 10.2. The van der Waals surface area contributed by atoms with Crippen molar-refractivity contribution >= 4 is 39.3 Å². The van der Waals surface area contributed by atoms with Crippen LogP contribution in [0.5, 0.6) is 0 Å². The molecule has 0 aliphatic rings. The number of carbonyl (C=O) groups is 1. The number of hydrogen-bond acceptors (Lipinski definition) is 1. The van der Waals surface area contributed by atoms with Gasteiger partial charge >= 0.3 is 6.09 Å². The van der Waals surface area contributed by atoms with Crippen LogP contribution in [0.25, 0.3) is 0 Å². The van der Waals surface area contributed by atoms with Crippen LogP contribution in [0.3, 0.4) is 0 Å². The summed E-state index contributed by atoms with van der Waals surface area (Å²) in [6.07, 6.45) is -1.13. The molecule has 2 N–H and O–H groups in total. The second kappa shape index (κ2) is 3.78. The van der Waals surface area contributed by atoms with Gasteiger partial charge in [0.1, 0.15) is 0 Å². The van der Waals surface area contributed by atoms with E-state index in [1.54, 1.807) is 18.2 Å². The summed E-state index contributed by atoms with van der Waals surface area (Å²) in [5.74, 6) is 0. The monoisotopic (exact) mass is 249 g/mol. The minimum atomic E-state index is -1.13. The Morgan fingerprint density at radius 3 is 2.83 bits per heavy atom. The zero-order valence-electron chi connectivity index (χ0n) is 5.84. The lowest BCUT2D eigenvalue weighted by molar-refractivity contribution is 0.210. The molecule has 3 nitrogen and oxygen atoms in total. The van der Waals surface area contributed by atoms with Crippen LogP contribution in [0.1, 0.15) is 0 Å². The molecule has 1 aromatic carbocycles. The normalized spacial score (nSPS) is 9.50. The number of nitrogens with one attached hydrogen (secondary N) is 1. The highest BCUT2D eigenvalue weighted by atomic mass is 79.9. The van der Waals surface area contributed by atoms with E-state index in [0.717, 1.165) is 4.47 Å². The molecule has 0 aliphatic carbocycles. The third-order valence-electron chi connectivity index (χ3n) is 1.17. The lowest BCUT2D eigenvalue weighted by Gasteiger charge is -2.02. The van der Waals surface area contributed by atoms with E-state index >= 15 is 0 Å². The Balaban J connectivity index is 2.97. The molecule has 0 unspecified atom stereocenters. The standard InChI is InChI=1S/C7H5BrClNO2/c8-4-1-2-5(9)6(3-4)10-7(11)12/h1-3,10H,(H,11,12). The largest absolute Gasteiger partial charge is 0.465 e. The van der Waals surface area contributed by atoms with Crippen LogP contribution in [-0.4, -0.2) is 11.2 Å². The third-order valence-corrected chi connectivity index (χ3v) is 1.99. The Labute approximate surface area is 82.5 Å². The summed E-state index contributed by atoms with van der Waals surface area (Å²) < 4.78 is 0.774. The molecule has 0 aromatic heterocycles. The Morgan fingerprint density at radius 1 is 1.58 bits per heavy atom. The molecule has 1 amide bonds. The second-order valence-electron chi connectivity index (χ2n) is 2.05. The maximum atomic E-state index is 10.2. The summed E-state index contributed by atoms with van der Waals surface area (Å²) in [5.41, 5.74) is 0.374. The van der Waals surface area contributed by atoms with Gasteiger partial charge in [0.2, 0.25) is 0 Å². The lowest BCUT2D eigenvalue weighted by atomic mass is 10.3. The summed E-state index contributed by atoms with van der Waals surface area (Å²) in [7, 11) is 0. The van der Waals surface area contributed by atoms with Crippen molar-refractivity contribution in [2.75, 3.05) is 5.32 Å². The predicted molar refractivity (Wildman–Crippen MR) is 50.8 cm³/mol. The van der Waals surface area contributed by atoms with Crippen molar-refractivity contribution in [2.45, 2.75) is 0 Å². The fraction of sp³-hybridized carbons (Fsp3) is 0. The van der Waals surface area contributed by atoms with E-state index in [1.807, 2.05) is 0 Å². The second-order valence-corrected chi connectivity index (χ2v) is 3.38. The molecule has 0 spiro atoms. The maximum Gasteiger partial charge on any atom is 0.409 e. The highest BCUT2D eigenvalue weighted by Crippen LogP contribution is 2.25. The molecule has 0 bridgehead atoms. The lowest BCUT2D eigenvalue weighted by Crippen LogP contribution is -2.07. The molecule has 0 fully saturated rings. The van der Waals surface area contributed by atoms with Crippen molar-refractivity contribution in [1.29, 1.82) is 0 Å². The van der Waals surface area contributed by atoms with Gasteiger partial charge in [-0.25, -0.2) is 4.79 Å². The Bertz CT molecular complexity index is 316. The highest BCUT2D eigenvalue weighted by Gasteiger charge is 2.03. The van der Waals surface area contributed by atoms with Gasteiger partial charge in [0.25, 0.3) is 0 Å². The first-order valence-electron chi connectivity index (χ1n) is 3.04. The molecule has 0 saturated heterocycles. The van der Waals surface area contributed by atoms with E-state index in [0.29, 0.717) is 10.7 Å². The smallest absolute Gasteiger partial charge is 0.409 e. The van der Waals surface area contributed by atoms with Gasteiger partial charge in [0.15, 0.2) is 0 Å². The number of benzene rings is 1. The first-order chi connectivity index (χ1) is 5.59. The van der Waals surface area contributed by atoms with Gasteiger partial charge in [-0.1, -0.05) is 27.5 Å². The zero-order valence-corrected chi connectivity index (χ0v) is 8.19. The molecule has 0 atom stereocenters. The first kappa shape index (κ1) is 9.35. The van der Waals surface area contributed by atoms with E-state index in [-0.39, 0.29) is 0 Å². The van der Waals surface area contributed by atoms with Gasteiger partial charge in [0, 0.05) is 4.47 Å². The number of halogens is 2. The van der Waals surface area contributed by atoms with Gasteiger partial charge in [-0.05, 0) is 18.2 Å². The number of anilines is 1. The van der Waals surface area contributed by atoms with Crippen molar-refractivity contribution in [1.82, 2.24) is 0 Å². The van der Waals surface area contributed by atoms with Crippen molar-refractivity contribution < 1.29 is 9.90 Å². The Kier molecular flexibility index (Phi) is 2.94. The van der Waals surface area contributed by atoms with Gasteiger partial charge in [-0.15, -0.1) is 0 Å². The van der Waals surface area contributed by atoms with E-state index in [9.17, 15) is 4.79 Å². The molecule has 0 aliphatic heterocycles. The topological polar surface area (TPSA) is 49.3 Å². The van der Waals surface area contributed by atoms with Crippen molar-refractivity contribution in [3.8, 4) is 0 Å². The number of carboxylic acid groups (broad SMARTS) is 1. The molecule has 0 radical (unpaired) electrons. The van der Waals surface area contributed by atoms with E-state index in [1.165, 1.54) is 0 Å². The number of amides is 1. The highest BCUT2D eigenvalue weighted by molar-refractivity contribution is 9.10. The molecule has 5 heteroatoms. The fourth-order valence-corrected chi connectivity index (χ4v) is 1.23. The maximum absolute atomic E-state index is 10.2. The van der Waals surface area contributed by atoms with Crippen molar-refractivity contribution in [2.24, 2.45) is 0 Å². The average molecular weight is 250 g/mol. The zero-order chi connectivity index (χ0) is 9.14. The van der Waals surface area contributed by atoms with Crippen LogP contribution < -0.4 is 5.32 Å². The van der Waals surface area contributed by atoms with Crippen LogP contribution in [-0.2, 0) is 0 Å².